The summed E-state index contributed by atoms with van der Waals surface area (Å²) in [5, 5.41) is 0.957. The fourth-order valence-corrected chi connectivity index (χ4v) is 2.02. The molecule has 1 aromatic rings. The highest BCUT2D eigenvalue weighted by Gasteiger charge is 2.26. The van der Waals surface area contributed by atoms with E-state index >= 15 is 0 Å². The molecule has 1 atom stereocenters. The average Bonchev–Trinajstić information content (AvgIpc) is 2.82. The first kappa shape index (κ1) is 12.7. The predicted molar refractivity (Wildman–Crippen MR) is 66.1 cm³/mol. The van der Waals surface area contributed by atoms with Crippen LogP contribution in [0.5, 0.6) is 0 Å². The molecular formula is C12H11Cl2NO2. The molecule has 0 amide bonds. The van der Waals surface area contributed by atoms with E-state index in [0.717, 1.165) is 5.56 Å². The maximum absolute atomic E-state index is 7.22. The van der Waals surface area contributed by atoms with Gasteiger partial charge in [-0.25, -0.2) is 6.57 Å². The highest BCUT2D eigenvalue weighted by molar-refractivity contribution is 6.42. The molecule has 0 aliphatic carbocycles. The summed E-state index contributed by atoms with van der Waals surface area (Å²) in [6.07, 6.45) is 0.227. The van der Waals surface area contributed by atoms with E-state index in [0.29, 0.717) is 29.7 Å². The van der Waals surface area contributed by atoms with Gasteiger partial charge in [-0.3, -0.25) is 0 Å². The van der Waals surface area contributed by atoms with Crippen LogP contribution in [0.4, 0.5) is 0 Å². The molecule has 1 fully saturated rings. The first-order valence-electron chi connectivity index (χ1n) is 5.25. The third kappa shape index (κ3) is 3.11. The van der Waals surface area contributed by atoms with Gasteiger partial charge in [-0.1, -0.05) is 23.2 Å². The lowest BCUT2D eigenvalue weighted by atomic mass is 10.0. The summed E-state index contributed by atoms with van der Waals surface area (Å²) in [5.74, 6) is 0. The molecule has 3 nitrogen and oxygen atoms in total. The maximum atomic E-state index is 7.22. The second-order valence-electron chi connectivity index (χ2n) is 3.73. The Bertz CT molecular complexity index is 439. The minimum atomic E-state index is -0.312. The van der Waals surface area contributed by atoms with Gasteiger partial charge < -0.3 is 14.3 Å². The molecule has 0 radical (unpaired) electrons. The van der Waals surface area contributed by atoms with Gasteiger partial charge >= 0.3 is 0 Å². The SMILES string of the molecule is [C-]#[N+]C(CC1OCCO1)c1ccc(Cl)c(Cl)c1. The van der Waals surface area contributed by atoms with E-state index in [2.05, 4.69) is 4.85 Å². The third-order valence-electron chi connectivity index (χ3n) is 2.59. The van der Waals surface area contributed by atoms with E-state index in [-0.39, 0.29) is 12.3 Å². The van der Waals surface area contributed by atoms with Crippen LogP contribution in [-0.4, -0.2) is 19.5 Å². The van der Waals surface area contributed by atoms with Crippen molar-refractivity contribution < 1.29 is 9.47 Å². The van der Waals surface area contributed by atoms with Crippen molar-refractivity contribution in [1.29, 1.82) is 0 Å². The number of nitrogens with zero attached hydrogens (tertiary/aromatic N) is 1. The Morgan fingerprint density at radius 2 is 2.00 bits per heavy atom. The van der Waals surface area contributed by atoms with Crippen molar-refractivity contribution in [2.75, 3.05) is 13.2 Å². The fourth-order valence-electron chi connectivity index (χ4n) is 1.71. The van der Waals surface area contributed by atoms with Crippen LogP contribution in [0.15, 0.2) is 18.2 Å². The fraction of sp³-hybridized carbons (Fsp3) is 0.417. The highest BCUT2D eigenvalue weighted by Crippen LogP contribution is 2.30. The van der Waals surface area contributed by atoms with Crippen LogP contribution in [0, 0.1) is 6.57 Å². The van der Waals surface area contributed by atoms with Crippen LogP contribution in [-0.2, 0) is 9.47 Å². The molecule has 0 aromatic heterocycles. The van der Waals surface area contributed by atoms with Gasteiger partial charge in [-0.05, 0) is 18.2 Å². The van der Waals surface area contributed by atoms with E-state index in [1.807, 2.05) is 6.07 Å². The number of halogens is 2. The number of hydrogen-bond donors (Lipinski definition) is 0. The van der Waals surface area contributed by atoms with Gasteiger partial charge in [0.2, 0.25) is 0 Å². The minimum Gasteiger partial charge on any atom is -0.350 e. The van der Waals surface area contributed by atoms with Crippen molar-refractivity contribution in [3.8, 4) is 0 Å². The zero-order valence-corrected chi connectivity index (χ0v) is 10.5. The molecule has 0 bridgehead atoms. The lowest BCUT2D eigenvalue weighted by Gasteiger charge is -2.11. The van der Waals surface area contributed by atoms with E-state index in [4.69, 9.17) is 39.2 Å². The van der Waals surface area contributed by atoms with Crippen LogP contribution in [0.25, 0.3) is 4.85 Å². The largest absolute Gasteiger partial charge is 0.350 e. The Hall–Kier alpha value is -0.790. The normalized spacial score (nSPS) is 17.9. The molecule has 0 spiro atoms. The summed E-state index contributed by atoms with van der Waals surface area (Å²) in [5.41, 5.74) is 0.841. The monoisotopic (exact) mass is 271 g/mol. The zero-order chi connectivity index (χ0) is 12.3. The highest BCUT2D eigenvalue weighted by atomic mass is 35.5. The van der Waals surface area contributed by atoms with Gasteiger partial charge in [-0.15, -0.1) is 0 Å². The smallest absolute Gasteiger partial charge is 0.253 e. The standard InChI is InChI=1S/C12H11Cl2NO2/c1-15-11(7-12-16-4-5-17-12)8-2-3-9(13)10(14)6-8/h2-3,6,11-12H,4-5,7H2. The van der Waals surface area contributed by atoms with Crippen LogP contribution < -0.4 is 0 Å². The van der Waals surface area contributed by atoms with Gasteiger partial charge in [0.25, 0.3) is 6.04 Å². The third-order valence-corrected chi connectivity index (χ3v) is 3.33. The number of benzene rings is 1. The molecule has 1 saturated heterocycles. The van der Waals surface area contributed by atoms with Crippen molar-refractivity contribution in [3.05, 3.63) is 45.2 Å². The number of ether oxygens (including phenoxy) is 2. The average molecular weight is 272 g/mol. The van der Waals surface area contributed by atoms with Gasteiger partial charge in [0, 0.05) is 5.56 Å². The molecule has 0 saturated carbocycles. The Balaban J connectivity index is 2.11. The van der Waals surface area contributed by atoms with E-state index < -0.39 is 0 Å². The van der Waals surface area contributed by atoms with Crippen molar-refractivity contribution in [1.82, 2.24) is 0 Å². The lowest BCUT2D eigenvalue weighted by molar-refractivity contribution is -0.0487. The molecule has 1 heterocycles. The summed E-state index contributed by atoms with van der Waals surface area (Å²) in [6.45, 7) is 8.41. The van der Waals surface area contributed by atoms with Crippen molar-refractivity contribution in [3.63, 3.8) is 0 Å². The molecule has 2 rings (SSSR count). The van der Waals surface area contributed by atoms with E-state index in [1.54, 1.807) is 12.1 Å². The lowest BCUT2D eigenvalue weighted by Crippen LogP contribution is -2.11. The van der Waals surface area contributed by atoms with Crippen molar-refractivity contribution in [2.45, 2.75) is 18.8 Å². The molecular weight excluding hydrogens is 261 g/mol. The number of hydrogen-bond acceptors (Lipinski definition) is 2. The van der Waals surface area contributed by atoms with E-state index in [1.165, 1.54) is 0 Å². The molecule has 1 aliphatic heterocycles. The van der Waals surface area contributed by atoms with Gasteiger partial charge in [0.05, 0.1) is 29.7 Å². The van der Waals surface area contributed by atoms with Crippen molar-refractivity contribution >= 4 is 23.2 Å². The van der Waals surface area contributed by atoms with E-state index in [9.17, 15) is 0 Å². The maximum Gasteiger partial charge on any atom is 0.253 e. The van der Waals surface area contributed by atoms with Crippen LogP contribution >= 0.6 is 23.2 Å². The topological polar surface area (TPSA) is 22.8 Å². The van der Waals surface area contributed by atoms with Crippen molar-refractivity contribution in [2.24, 2.45) is 0 Å². The molecule has 90 valence electrons. The molecule has 1 aromatic carbocycles. The Morgan fingerprint density at radius 3 is 2.59 bits per heavy atom. The Kier molecular flexibility index (Phi) is 4.25. The van der Waals surface area contributed by atoms with Crippen LogP contribution in [0.2, 0.25) is 10.0 Å². The summed E-state index contributed by atoms with van der Waals surface area (Å²) in [4.78, 5) is 3.58. The minimum absolute atomic E-state index is 0.288. The summed E-state index contributed by atoms with van der Waals surface area (Å²) in [6, 6.07) is 4.93. The predicted octanol–water partition coefficient (Wildman–Crippen LogP) is 3.72. The van der Waals surface area contributed by atoms with Gasteiger partial charge in [-0.2, -0.15) is 0 Å². The Morgan fingerprint density at radius 1 is 1.29 bits per heavy atom. The zero-order valence-electron chi connectivity index (χ0n) is 9.03. The molecule has 0 N–H and O–H groups in total. The Labute approximate surface area is 110 Å². The number of rotatable bonds is 3. The van der Waals surface area contributed by atoms with Gasteiger partial charge in [0.15, 0.2) is 6.29 Å². The molecule has 1 aliphatic rings. The summed E-state index contributed by atoms with van der Waals surface area (Å²) < 4.78 is 10.7. The first-order valence-corrected chi connectivity index (χ1v) is 6.01. The molecule has 5 heteroatoms. The second-order valence-corrected chi connectivity index (χ2v) is 4.54. The molecule has 1 unspecified atom stereocenters. The first-order chi connectivity index (χ1) is 8.20. The second kappa shape index (κ2) is 5.70. The molecule has 17 heavy (non-hydrogen) atoms. The summed E-state index contributed by atoms with van der Waals surface area (Å²) >= 11 is 11.8. The van der Waals surface area contributed by atoms with Crippen LogP contribution in [0.3, 0.4) is 0 Å². The quantitative estimate of drug-likeness (QED) is 0.783. The van der Waals surface area contributed by atoms with Crippen LogP contribution in [0.1, 0.15) is 18.0 Å². The van der Waals surface area contributed by atoms with Gasteiger partial charge in [0.1, 0.15) is 0 Å². The summed E-state index contributed by atoms with van der Waals surface area (Å²) in [7, 11) is 0.